The minimum Gasteiger partial charge on any atom is -0.486 e. The molecule has 0 saturated heterocycles. The van der Waals surface area contributed by atoms with Crippen molar-refractivity contribution in [1.82, 2.24) is 0 Å². The summed E-state index contributed by atoms with van der Waals surface area (Å²) in [7, 11) is 0. The lowest BCUT2D eigenvalue weighted by Gasteiger charge is -2.20. The first kappa shape index (κ1) is 13.0. The van der Waals surface area contributed by atoms with Gasteiger partial charge in [-0.25, -0.2) is 4.79 Å². The Morgan fingerprint density at radius 1 is 1.50 bits per heavy atom. The van der Waals surface area contributed by atoms with E-state index in [1.54, 1.807) is 12.1 Å². The molecule has 0 saturated carbocycles. The van der Waals surface area contributed by atoms with E-state index < -0.39 is 12.1 Å². The van der Waals surface area contributed by atoms with Gasteiger partial charge in [-0.1, -0.05) is 11.6 Å². The minimum atomic E-state index is -1.00. The highest BCUT2D eigenvalue weighted by atomic mass is 35.5. The van der Waals surface area contributed by atoms with Gasteiger partial charge in [-0.2, -0.15) is 0 Å². The molecule has 1 aromatic carbocycles. The van der Waals surface area contributed by atoms with Crippen LogP contribution in [0.15, 0.2) is 12.1 Å². The molecule has 2 rings (SSSR count). The highest BCUT2D eigenvalue weighted by molar-refractivity contribution is 6.32. The van der Waals surface area contributed by atoms with Crippen LogP contribution in [-0.2, 0) is 16.1 Å². The van der Waals surface area contributed by atoms with Gasteiger partial charge in [-0.05, 0) is 24.6 Å². The highest BCUT2D eigenvalue weighted by Crippen LogP contribution is 2.38. The van der Waals surface area contributed by atoms with E-state index in [9.17, 15) is 4.79 Å². The van der Waals surface area contributed by atoms with Gasteiger partial charge in [0.1, 0.15) is 13.2 Å². The first-order valence-corrected chi connectivity index (χ1v) is 5.88. The molecule has 0 bridgehead atoms. The Morgan fingerprint density at radius 3 is 2.94 bits per heavy atom. The van der Waals surface area contributed by atoms with E-state index in [1.807, 2.05) is 0 Å². The predicted molar refractivity (Wildman–Crippen MR) is 64.3 cm³/mol. The zero-order valence-corrected chi connectivity index (χ0v) is 10.6. The third-order valence-corrected chi connectivity index (χ3v) is 2.79. The molecular formula is C12H13ClO5. The molecule has 6 heteroatoms. The minimum absolute atomic E-state index is 0.157. The van der Waals surface area contributed by atoms with Crippen LogP contribution in [0.5, 0.6) is 11.5 Å². The van der Waals surface area contributed by atoms with Gasteiger partial charge in [0.2, 0.25) is 0 Å². The lowest BCUT2D eigenvalue weighted by Crippen LogP contribution is -2.20. The van der Waals surface area contributed by atoms with E-state index >= 15 is 0 Å². The monoisotopic (exact) mass is 272 g/mol. The SMILES string of the molecule is CC(OCc1cc(Cl)c2c(c1)OCCO2)C(=O)O. The lowest BCUT2D eigenvalue weighted by molar-refractivity contribution is -0.149. The Morgan fingerprint density at radius 2 is 2.22 bits per heavy atom. The van der Waals surface area contributed by atoms with Gasteiger partial charge in [0.05, 0.1) is 11.6 Å². The molecule has 0 aromatic heterocycles. The van der Waals surface area contributed by atoms with Crippen molar-refractivity contribution in [1.29, 1.82) is 0 Å². The first-order chi connectivity index (χ1) is 8.58. The van der Waals surface area contributed by atoms with Gasteiger partial charge in [-0.3, -0.25) is 0 Å². The van der Waals surface area contributed by atoms with Gasteiger partial charge in [0.15, 0.2) is 17.6 Å². The van der Waals surface area contributed by atoms with Crippen molar-refractivity contribution in [2.45, 2.75) is 19.6 Å². The number of benzene rings is 1. The van der Waals surface area contributed by atoms with Crippen LogP contribution >= 0.6 is 11.6 Å². The topological polar surface area (TPSA) is 65.0 Å². The summed E-state index contributed by atoms with van der Waals surface area (Å²) >= 11 is 6.05. The summed E-state index contributed by atoms with van der Waals surface area (Å²) in [5, 5.41) is 9.15. The summed E-state index contributed by atoms with van der Waals surface area (Å²) in [4.78, 5) is 10.6. The fraction of sp³-hybridized carbons (Fsp3) is 0.417. The van der Waals surface area contributed by atoms with Crippen molar-refractivity contribution in [3.8, 4) is 11.5 Å². The zero-order chi connectivity index (χ0) is 13.1. The molecule has 1 aliphatic rings. The van der Waals surface area contributed by atoms with Crippen molar-refractivity contribution in [2.75, 3.05) is 13.2 Å². The molecule has 1 aromatic rings. The molecule has 1 N–H and O–H groups in total. The third kappa shape index (κ3) is 2.86. The van der Waals surface area contributed by atoms with Crippen LogP contribution in [0.1, 0.15) is 12.5 Å². The predicted octanol–water partition coefficient (Wildman–Crippen LogP) is 2.10. The second kappa shape index (κ2) is 5.46. The molecule has 1 heterocycles. The number of halogens is 1. The molecule has 0 radical (unpaired) electrons. The summed E-state index contributed by atoms with van der Waals surface area (Å²) in [5.74, 6) is 0.0897. The molecule has 0 spiro atoms. The van der Waals surface area contributed by atoms with Crippen molar-refractivity contribution in [3.63, 3.8) is 0 Å². The second-order valence-electron chi connectivity index (χ2n) is 3.89. The molecule has 1 unspecified atom stereocenters. The smallest absolute Gasteiger partial charge is 0.332 e. The number of carboxylic acids is 1. The van der Waals surface area contributed by atoms with Crippen molar-refractivity contribution < 1.29 is 24.1 Å². The summed E-state index contributed by atoms with van der Waals surface area (Å²) in [5.41, 5.74) is 0.748. The summed E-state index contributed by atoms with van der Waals surface area (Å²) in [6, 6.07) is 3.43. The summed E-state index contributed by atoms with van der Waals surface area (Å²) in [6.45, 7) is 2.57. The summed E-state index contributed by atoms with van der Waals surface area (Å²) < 4.78 is 16.0. The molecule has 0 amide bonds. The van der Waals surface area contributed by atoms with Crippen molar-refractivity contribution in [2.24, 2.45) is 0 Å². The highest BCUT2D eigenvalue weighted by Gasteiger charge is 2.17. The molecule has 1 aliphatic heterocycles. The molecule has 0 fully saturated rings. The van der Waals surface area contributed by atoms with E-state index in [0.29, 0.717) is 29.7 Å². The normalized spacial score (nSPS) is 15.2. The summed E-state index contributed by atoms with van der Waals surface area (Å²) in [6.07, 6.45) is -0.864. The van der Waals surface area contributed by atoms with E-state index in [2.05, 4.69) is 0 Å². The Bertz CT molecular complexity index is 460. The maximum absolute atomic E-state index is 10.6. The van der Waals surface area contributed by atoms with Gasteiger partial charge in [0.25, 0.3) is 0 Å². The first-order valence-electron chi connectivity index (χ1n) is 5.50. The number of hydrogen-bond acceptors (Lipinski definition) is 4. The van der Waals surface area contributed by atoms with Gasteiger partial charge in [-0.15, -0.1) is 0 Å². The number of ether oxygens (including phenoxy) is 3. The quantitative estimate of drug-likeness (QED) is 0.909. The average molecular weight is 273 g/mol. The van der Waals surface area contributed by atoms with Gasteiger partial charge < -0.3 is 19.3 Å². The number of aliphatic carboxylic acids is 1. The van der Waals surface area contributed by atoms with Crippen LogP contribution in [0.25, 0.3) is 0 Å². The van der Waals surface area contributed by atoms with E-state index in [-0.39, 0.29) is 6.61 Å². The second-order valence-corrected chi connectivity index (χ2v) is 4.30. The number of carbonyl (C=O) groups is 1. The lowest BCUT2D eigenvalue weighted by atomic mass is 10.2. The maximum Gasteiger partial charge on any atom is 0.332 e. The Labute approximate surface area is 109 Å². The number of rotatable bonds is 4. The fourth-order valence-corrected chi connectivity index (χ4v) is 1.83. The number of fused-ring (bicyclic) bond motifs is 1. The zero-order valence-electron chi connectivity index (χ0n) is 9.81. The van der Waals surface area contributed by atoms with Crippen molar-refractivity contribution in [3.05, 3.63) is 22.7 Å². The maximum atomic E-state index is 10.6. The Kier molecular flexibility index (Phi) is 3.93. The molecule has 98 valence electrons. The fourth-order valence-electron chi connectivity index (χ4n) is 1.54. The number of carboxylic acid groups (broad SMARTS) is 1. The van der Waals surface area contributed by atoms with E-state index in [4.69, 9.17) is 30.9 Å². The van der Waals surface area contributed by atoms with Crippen LogP contribution in [0.3, 0.4) is 0 Å². The van der Waals surface area contributed by atoms with E-state index in [1.165, 1.54) is 6.92 Å². The van der Waals surface area contributed by atoms with Gasteiger partial charge >= 0.3 is 5.97 Å². The third-order valence-electron chi connectivity index (χ3n) is 2.50. The van der Waals surface area contributed by atoms with Crippen LogP contribution in [0.2, 0.25) is 5.02 Å². The average Bonchev–Trinajstić information content (AvgIpc) is 2.36. The molecule has 0 aliphatic carbocycles. The van der Waals surface area contributed by atoms with Crippen LogP contribution < -0.4 is 9.47 Å². The standard InChI is InChI=1S/C12H13ClO5/c1-7(12(14)15)18-6-8-4-9(13)11-10(5-8)16-2-3-17-11/h4-5,7H,2-3,6H2,1H3,(H,14,15). The van der Waals surface area contributed by atoms with E-state index in [0.717, 1.165) is 5.56 Å². The Balaban J connectivity index is 2.10. The van der Waals surface area contributed by atoms with Crippen LogP contribution in [0.4, 0.5) is 0 Å². The van der Waals surface area contributed by atoms with Crippen LogP contribution in [0, 0.1) is 0 Å². The molecule has 5 nitrogen and oxygen atoms in total. The number of hydrogen-bond donors (Lipinski definition) is 1. The van der Waals surface area contributed by atoms with Crippen molar-refractivity contribution >= 4 is 17.6 Å². The van der Waals surface area contributed by atoms with Crippen LogP contribution in [-0.4, -0.2) is 30.4 Å². The molecular weight excluding hydrogens is 260 g/mol. The molecule has 18 heavy (non-hydrogen) atoms. The molecule has 1 atom stereocenters. The van der Waals surface area contributed by atoms with Gasteiger partial charge in [0, 0.05) is 0 Å². The largest absolute Gasteiger partial charge is 0.486 e. The Hall–Kier alpha value is -1.46.